The first-order chi connectivity index (χ1) is 10.3. The van der Waals surface area contributed by atoms with E-state index in [-0.39, 0.29) is 0 Å². The zero-order valence-corrected chi connectivity index (χ0v) is 12.5. The van der Waals surface area contributed by atoms with Gasteiger partial charge < -0.3 is 10.2 Å². The molecule has 21 heavy (non-hydrogen) atoms. The Balaban J connectivity index is 1.99. The largest absolute Gasteiger partial charge is 0.354 e. The van der Waals surface area contributed by atoms with Crippen LogP contribution in [0.1, 0.15) is 26.2 Å². The van der Waals surface area contributed by atoms with E-state index in [9.17, 15) is 0 Å². The summed E-state index contributed by atoms with van der Waals surface area (Å²) in [6.45, 7) is 4.79. The van der Waals surface area contributed by atoms with E-state index in [1.165, 1.54) is 19.3 Å². The summed E-state index contributed by atoms with van der Waals surface area (Å²) in [4.78, 5) is 15.8. The van der Waals surface area contributed by atoms with Crippen LogP contribution >= 0.6 is 0 Å². The molecule has 1 saturated heterocycles. The van der Waals surface area contributed by atoms with E-state index in [0.29, 0.717) is 11.8 Å². The van der Waals surface area contributed by atoms with Crippen molar-refractivity contribution >= 4 is 11.9 Å². The Morgan fingerprint density at radius 3 is 2.62 bits per heavy atom. The normalized spacial score (nSPS) is 15.2. The summed E-state index contributed by atoms with van der Waals surface area (Å²) >= 11 is 0. The molecule has 3 heterocycles. The second kappa shape index (κ2) is 6.02. The van der Waals surface area contributed by atoms with Crippen LogP contribution in [-0.4, -0.2) is 49.6 Å². The van der Waals surface area contributed by atoms with Crippen molar-refractivity contribution in [1.82, 2.24) is 29.9 Å². The molecule has 0 saturated carbocycles. The molecule has 1 aliphatic rings. The molecule has 2 aromatic heterocycles. The average molecular weight is 288 g/mol. The lowest BCUT2D eigenvalue weighted by Crippen LogP contribution is -2.31. The fourth-order valence-electron chi connectivity index (χ4n) is 2.44. The Morgan fingerprint density at radius 1 is 1.14 bits per heavy atom. The van der Waals surface area contributed by atoms with Gasteiger partial charge >= 0.3 is 0 Å². The number of nitrogens with one attached hydrogen (secondary N) is 1. The van der Waals surface area contributed by atoms with Crippen LogP contribution in [0.25, 0.3) is 11.5 Å². The predicted octanol–water partition coefficient (Wildman–Crippen LogP) is 1.09. The van der Waals surface area contributed by atoms with E-state index < -0.39 is 0 Å². The number of aromatic nitrogens is 6. The summed E-state index contributed by atoms with van der Waals surface area (Å²) in [5.41, 5.74) is 0.787. The van der Waals surface area contributed by atoms with Gasteiger partial charge in [0.15, 0.2) is 5.82 Å². The van der Waals surface area contributed by atoms with Gasteiger partial charge in [0.1, 0.15) is 5.69 Å². The molecule has 0 radical (unpaired) electrons. The van der Waals surface area contributed by atoms with Crippen LogP contribution in [0.5, 0.6) is 0 Å². The molecular formula is C13H20N8. The Bertz CT molecular complexity index is 602. The summed E-state index contributed by atoms with van der Waals surface area (Å²) < 4.78 is 1.67. The lowest BCUT2D eigenvalue weighted by Gasteiger charge is -2.26. The number of aryl methyl sites for hydroxylation is 1. The molecule has 1 fully saturated rings. The molecule has 112 valence electrons. The average Bonchev–Trinajstić information content (AvgIpc) is 2.94. The summed E-state index contributed by atoms with van der Waals surface area (Å²) in [5.74, 6) is 1.94. The molecule has 0 atom stereocenters. The minimum absolute atomic E-state index is 0.601. The van der Waals surface area contributed by atoms with Crippen LogP contribution in [0, 0.1) is 0 Å². The summed E-state index contributed by atoms with van der Waals surface area (Å²) in [6, 6.07) is 0. The SMILES string of the molecule is CCNc1nc(-c2cnnn2C)nc(N2CCCCC2)n1. The first kappa shape index (κ1) is 13.7. The van der Waals surface area contributed by atoms with Crippen molar-refractivity contribution in [2.75, 3.05) is 29.9 Å². The molecule has 0 spiro atoms. The van der Waals surface area contributed by atoms with Crippen molar-refractivity contribution in [3.63, 3.8) is 0 Å². The second-order valence-electron chi connectivity index (χ2n) is 5.10. The van der Waals surface area contributed by atoms with Crippen LogP contribution in [0.3, 0.4) is 0 Å². The third-order valence-corrected chi connectivity index (χ3v) is 3.54. The standard InChI is InChI=1S/C13H20N8/c1-3-14-12-16-11(10-9-15-19-20(10)2)17-13(18-12)21-7-5-4-6-8-21/h9H,3-8H2,1-2H3,(H,14,16,17,18). The highest BCUT2D eigenvalue weighted by Crippen LogP contribution is 2.21. The molecule has 0 aromatic carbocycles. The molecule has 0 bridgehead atoms. The maximum atomic E-state index is 4.61. The zero-order valence-electron chi connectivity index (χ0n) is 12.5. The summed E-state index contributed by atoms with van der Waals surface area (Å²) in [6.07, 6.45) is 5.32. The van der Waals surface area contributed by atoms with Gasteiger partial charge in [0.25, 0.3) is 0 Å². The highest BCUT2D eigenvalue weighted by atomic mass is 15.4. The fourth-order valence-corrected chi connectivity index (χ4v) is 2.44. The van der Waals surface area contributed by atoms with Gasteiger partial charge in [-0.2, -0.15) is 15.0 Å². The number of nitrogens with zero attached hydrogens (tertiary/aromatic N) is 7. The van der Waals surface area contributed by atoms with Crippen molar-refractivity contribution in [3.05, 3.63) is 6.20 Å². The summed E-state index contributed by atoms with van der Waals surface area (Å²) in [7, 11) is 1.83. The van der Waals surface area contributed by atoms with Gasteiger partial charge in [-0.15, -0.1) is 5.10 Å². The maximum Gasteiger partial charge on any atom is 0.230 e. The Hall–Kier alpha value is -2.25. The Kier molecular flexibility index (Phi) is 3.94. The number of hydrogen-bond donors (Lipinski definition) is 1. The van der Waals surface area contributed by atoms with Gasteiger partial charge in [-0.1, -0.05) is 5.21 Å². The smallest absolute Gasteiger partial charge is 0.230 e. The van der Waals surface area contributed by atoms with Gasteiger partial charge in [0.2, 0.25) is 11.9 Å². The van der Waals surface area contributed by atoms with Crippen molar-refractivity contribution in [2.24, 2.45) is 7.05 Å². The molecule has 8 nitrogen and oxygen atoms in total. The molecule has 0 aliphatic carbocycles. The van der Waals surface area contributed by atoms with E-state index in [4.69, 9.17) is 0 Å². The quantitative estimate of drug-likeness (QED) is 0.901. The van der Waals surface area contributed by atoms with Crippen LogP contribution < -0.4 is 10.2 Å². The molecule has 1 N–H and O–H groups in total. The number of hydrogen-bond acceptors (Lipinski definition) is 7. The van der Waals surface area contributed by atoms with Crippen LogP contribution in [0.4, 0.5) is 11.9 Å². The summed E-state index contributed by atoms with van der Waals surface area (Å²) in [5, 5.41) is 11.0. The lowest BCUT2D eigenvalue weighted by molar-refractivity contribution is 0.567. The number of anilines is 2. The van der Waals surface area contributed by atoms with Crippen molar-refractivity contribution in [3.8, 4) is 11.5 Å². The van der Waals surface area contributed by atoms with Crippen LogP contribution in [0.15, 0.2) is 6.20 Å². The van der Waals surface area contributed by atoms with Crippen molar-refractivity contribution in [1.29, 1.82) is 0 Å². The molecule has 1 aliphatic heterocycles. The minimum atomic E-state index is 0.601. The first-order valence-corrected chi connectivity index (χ1v) is 7.38. The van der Waals surface area contributed by atoms with Gasteiger partial charge in [-0.3, -0.25) is 0 Å². The second-order valence-corrected chi connectivity index (χ2v) is 5.10. The van der Waals surface area contributed by atoms with E-state index in [1.807, 2.05) is 14.0 Å². The molecule has 0 unspecified atom stereocenters. The van der Waals surface area contributed by atoms with Crippen LogP contribution in [0.2, 0.25) is 0 Å². The third-order valence-electron chi connectivity index (χ3n) is 3.54. The minimum Gasteiger partial charge on any atom is -0.354 e. The Labute approximate surface area is 123 Å². The van der Waals surface area contributed by atoms with E-state index in [2.05, 4.69) is 35.5 Å². The molecular weight excluding hydrogens is 268 g/mol. The molecule has 3 rings (SSSR count). The van der Waals surface area contributed by atoms with Gasteiger partial charge in [-0.25, -0.2) is 4.68 Å². The first-order valence-electron chi connectivity index (χ1n) is 7.38. The van der Waals surface area contributed by atoms with Gasteiger partial charge in [0.05, 0.1) is 6.20 Å². The number of rotatable bonds is 4. The van der Waals surface area contributed by atoms with Gasteiger partial charge in [0, 0.05) is 26.7 Å². The Morgan fingerprint density at radius 2 is 1.95 bits per heavy atom. The van der Waals surface area contributed by atoms with Crippen molar-refractivity contribution < 1.29 is 0 Å². The van der Waals surface area contributed by atoms with E-state index >= 15 is 0 Å². The van der Waals surface area contributed by atoms with E-state index in [0.717, 1.165) is 31.3 Å². The predicted molar refractivity (Wildman–Crippen MR) is 80.1 cm³/mol. The number of piperidine rings is 1. The monoisotopic (exact) mass is 288 g/mol. The molecule has 2 aromatic rings. The van der Waals surface area contributed by atoms with Gasteiger partial charge in [-0.05, 0) is 26.2 Å². The molecule has 0 amide bonds. The van der Waals surface area contributed by atoms with E-state index in [1.54, 1.807) is 10.9 Å². The molecule has 8 heteroatoms. The third kappa shape index (κ3) is 2.93. The topological polar surface area (TPSA) is 84.7 Å². The fraction of sp³-hybridized carbons (Fsp3) is 0.615. The van der Waals surface area contributed by atoms with Crippen molar-refractivity contribution in [2.45, 2.75) is 26.2 Å². The highest BCUT2D eigenvalue weighted by molar-refractivity contribution is 5.53. The maximum absolute atomic E-state index is 4.61. The zero-order chi connectivity index (χ0) is 14.7. The van der Waals surface area contributed by atoms with Crippen LogP contribution in [-0.2, 0) is 7.05 Å². The highest BCUT2D eigenvalue weighted by Gasteiger charge is 2.18. The lowest BCUT2D eigenvalue weighted by atomic mass is 10.1.